The lowest BCUT2D eigenvalue weighted by atomic mass is 9.79. The molecule has 0 radical (unpaired) electrons. The van der Waals surface area contributed by atoms with E-state index in [0.717, 1.165) is 11.8 Å². The van der Waals surface area contributed by atoms with Gasteiger partial charge in [-0.25, -0.2) is 0 Å². The average molecular weight is 152 g/mol. The highest BCUT2D eigenvalue weighted by Crippen LogP contribution is 2.33. The summed E-state index contributed by atoms with van der Waals surface area (Å²) in [5, 5.41) is 0. The first-order valence-corrected chi connectivity index (χ1v) is 4.91. The summed E-state index contributed by atoms with van der Waals surface area (Å²) in [7, 11) is 0. The lowest BCUT2D eigenvalue weighted by Crippen LogP contribution is -2.13. The average Bonchev–Trinajstić information content (AvgIpc) is 2.05. The van der Waals surface area contributed by atoms with Crippen LogP contribution in [0, 0.1) is 11.8 Å². The molecule has 0 nitrogen and oxygen atoms in total. The van der Waals surface area contributed by atoms with E-state index in [1.54, 1.807) is 0 Å². The van der Waals surface area contributed by atoms with Crippen molar-refractivity contribution >= 4 is 0 Å². The SMILES string of the molecule is C=C(CC)C1CCC(C)CC1. The number of allylic oxidation sites excluding steroid dienone is 1. The Morgan fingerprint density at radius 2 is 1.82 bits per heavy atom. The first kappa shape index (κ1) is 8.83. The van der Waals surface area contributed by atoms with Crippen molar-refractivity contribution in [2.45, 2.75) is 46.0 Å². The molecule has 0 heteroatoms. The van der Waals surface area contributed by atoms with Gasteiger partial charge in [0, 0.05) is 0 Å². The summed E-state index contributed by atoms with van der Waals surface area (Å²) in [6.07, 6.45) is 6.81. The second-order valence-corrected chi connectivity index (χ2v) is 3.97. The normalized spacial score (nSPS) is 31.8. The molecule has 1 saturated carbocycles. The van der Waals surface area contributed by atoms with E-state index < -0.39 is 0 Å². The summed E-state index contributed by atoms with van der Waals surface area (Å²) < 4.78 is 0. The van der Waals surface area contributed by atoms with Crippen molar-refractivity contribution in [2.75, 3.05) is 0 Å². The molecule has 64 valence electrons. The van der Waals surface area contributed by atoms with E-state index in [4.69, 9.17) is 0 Å². The fraction of sp³-hybridized carbons (Fsp3) is 0.818. The zero-order valence-electron chi connectivity index (χ0n) is 7.90. The van der Waals surface area contributed by atoms with Crippen LogP contribution in [0.15, 0.2) is 12.2 Å². The van der Waals surface area contributed by atoms with Gasteiger partial charge in [-0.05, 0) is 31.1 Å². The van der Waals surface area contributed by atoms with Crippen molar-refractivity contribution in [1.82, 2.24) is 0 Å². The molecule has 0 heterocycles. The molecule has 0 aromatic carbocycles. The van der Waals surface area contributed by atoms with Crippen molar-refractivity contribution in [3.63, 3.8) is 0 Å². The van der Waals surface area contributed by atoms with Gasteiger partial charge in [0.1, 0.15) is 0 Å². The molecule has 1 rings (SSSR count). The number of rotatable bonds is 2. The second-order valence-electron chi connectivity index (χ2n) is 3.97. The molecule has 0 aromatic heterocycles. The van der Waals surface area contributed by atoms with Gasteiger partial charge >= 0.3 is 0 Å². The van der Waals surface area contributed by atoms with E-state index in [0.29, 0.717) is 0 Å². The first-order valence-electron chi connectivity index (χ1n) is 4.91. The van der Waals surface area contributed by atoms with Crippen LogP contribution in [0.4, 0.5) is 0 Å². The smallest absolute Gasteiger partial charge is 0.0206 e. The quantitative estimate of drug-likeness (QED) is 0.528. The van der Waals surface area contributed by atoms with Crippen LogP contribution >= 0.6 is 0 Å². The van der Waals surface area contributed by atoms with Gasteiger partial charge in [-0.2, -0.15) is 0 Å². The third kappa shape index (κ3) is 2.36. The number of hydrogen-bond donors (Lipinski definition) is 0. The minimum Gasteiger partial charge on any atom is -0.0996 e. The Bertz CT molecular complexity index is 127. The van der Waals surface area contributed by atoms with Crippen LogP contribution in [-0.2, 0) is 0 Å². The third-order valence-corrected chi connectivity index (χ3v) is 3.05. The van der Waals surface area contributed by atoms with Gasteiger partial charge in [-0.15, -0.1) is 0 Å². The molecule has 0 unspecified atom stereocenters. The maximum Gasteiger partial charge on any atom is -0.0206 e. The van der Waals surface area contributed by atoms with E-state index in [-0.39, 0.29) is 0 Å². The van der Waals surface area contributed by atoms with E-state index in [9.17, 15) is 0 Å². The van der Waals surface area contributed by atoms with Gasteiger partial charge in [0.2, 0.25) is 0 Å². The lowest BCUT2D eigenvalue weighted by molar-refractivity contribution is 0.317. The van der Waals surface area contributed by atoms with Crippen molar-refractivity contribution in [1.29, 1.82) is 0 Å². The third-order valence-electron chi connectivity index (χ3n) is 3.05. The minimum absolute atomic E-state index is 0.858. The van der Waals surface area contributed by atoms with E-state index in [1.807, 2.05) is 0 Å². The molecule has 0 saturated heterocycles. The van der Waals surface area contributed by atoms with E-state index >= 15 is 0 Å². The Morgan fingerprint density at radius 1 is 1.27 bits per heavy atom. The fourth-order valence-corrected chi connectivity index (χ4v) is 1.96. The molecular weight excluding hydrogens is 132 g/mol. The summed E-state index contributed by atoms with van der Waals surface area (Å²) in [4.78, 5) is 0. The Morgan fingerprint density at radius 3 is 2.27 bits per heavy atom. The zero-order valence-corrected chi connectivity index (χ0v) is 7.90. The molecule has 0 spiro atoms. The molecule has 0 aliphatic heterocycles. The van der Waals surface area contributed by atoms with Gasteiger partial charge in [0.25, 0.3) is 0 Å². The fourth-order valence-electron chi connectivity index (χ4n) is 1.96. The predicted octanol–water partition coefficient (Wildman–Crippen LogP) is 3.78. The van der Waals surface area contributed by atoms with Crippen molar-refractivity contribution in [3.05, 3.63) is 12.2 Å². The predicted molar refractivity (Wildman–Crippen MR) is 50.6 cm³/mol. The van der Waals surface area contributed by atoms with E-state index in [1.165, 1.54) is 37.7 Å². The summed E-state index contributed by atoms with van der Waals surface area (Å²) >= 11 is 0. The molecule has 0 aromatic rings. The molecule has 1 aliphatic rings. The van der Waals surface area contributed by atoms with Gasteiger partial charge in [0.05, 0.1) is 0 Å². The summed E-state index contributed by atoms with van der Waals surface area (Å²) in [6.45, 7) is 8.71. The molecule has 1 fully saturated rings. The van der Waals surface area contributed by atoms with Gasteiger partial charge in [0.15, 0.2) is 0 Å². The van der Waals surface area contributed by atoms with Crippen molar-refractivity contribution < 1.29 is 0 Å². The Hall–Kier alpha value is -0.260. The molecule has 0 amide bonds. The summed E-state index contributed by atoms with van der Waals surface area (Å²) in [5.74, 6) is 1.83. The highest BCUT2D eigenvalue weighted by molar-refractivity contribution is 5.00. The standard InChI is InChI=1S/C11H20/c1-4-10(3)11-7-5-9(2)6-8-11/h9,11H,3-8H2,1-2H3. The van der Waals surface area contributed by atoms with Crippen LogP contribution in [-0.4, -0.2) is 0 Å². The number of hydrogen-bond acceptors (Lipinski definition) is 0. The van der Waals surface area contributed by atoms with Crippen LogP contribution in [0.5, 0.6) is 0 Å². The molecule has 1 aliphatic carbocycles. The summed E-state index contributed by atoms with van der Waals surface area (Å²) in [5.41, 5.74) is 1.48. The highest BCUT2D eigenvalue weighted by atomic mass is 14.2. The molecule has 0 bridgehead atoms. The second kappa shape index (κ2) is 3.94. The topological polar surface area (TPSA) is 0 Å². The molecule has 0 atom stereocenters. The Balaban J connectivity index is 2.33. The van der Waals surface area contributed by atoms with Crippen LogP contribution in [0.3, 0.4) is 0 Å². The lowest BCUT2D eigenvalue weighted by Gasteiger charge is -2.27. The van der Waals surface area contributed by atoms with Crippen LogP contribution < -0.4 is 0 Å². The van der Waals surface area contributed by atoms with Gasteiger partial charge in [-0.1, -0.05) is 38.8 Å². The maximum absolute atomic E-state index is 4.12. The monoisotopic (exact) mass is 152 g/mol. The highest BCUT2D eigenvalue weighted by Gasteiger charge is 2.18. The van der Waals surface area contributed by atoms with Crippen molar-refractivity contribution in [2.24, 2.45) is 11.8 Å². The molecule has 0 N–H and O–H groups in total. The van der Waals surface area contributed by atoms with Crippen LogP contribution in [0.1, 0.15) is 46.0 Å². The zero-order chi connectivity index (χ0) is 8.27. The van der Waals surface area contributed by atoms with Crippen LogP contribution in [0.25, 0.3) is 0 Å². The minimum atomic E-state index is 0.858. The molecule has 11 heavy (non-hydrogen) atoms. The molecular formula is C11H20. The first-order chi connectivity index (χ1) is 5.24. The largest absolute Gasteiger partial charge is 0.0996 e. The van der Waals surface area contributed by atoms with Crippen molar-refractivity contribution in [3.8, 4) is 0 Å². The van der Waals surface area contributed by atoms with Gasteiger partial charge in [-0.3, -0.25) is 0 Å². The Labute approximate surface area is 70.7 Å². The maximum atomic E-state index is 4.12. The van der Waals surface area contributed by atoms with E-state index in [2.05, 4.69) is 20.4 Å². The Kier molecular flexibility index (Phi) is 3.16. The van der Waals surface area contributed by atoms with Crippen LogP contribution in [0.2, 0.25) is 0 Å². The summed E-state index contributed by atoms with van der Waals surface area (Å²) in [6, 6.07) is 0. The van der Waals surface area contributed by atoms with Gasteiger partial charge < -0.3 is 0 Å².